The van der Waals surface area contributed by atoms with E-state index in [0.29, 0.717) is 30.8 Å². The van der Waals surface area contributed by atoms with Gasteiger partial charge in [-0.05, 0) is 51.9 Å². The number of carboxylic acids is 1. The lowest BCUT2D eigenvalue weighted by atomic mass is 9.96. The molecule has 0 aliphatic carbocycles. The zero-order valence-electron chi connectivity index (χ0n) is 17.5. The maximum atomic E-state index is 13.9. The van der Waals surface area contributed by atoms with Gasteiger partial charge >= 0.3 is 12.1 Å². The molecule has 3 nitrogen and oxygen atoms in total. The number of halogens is 3. The van der Waals surface area contributed by atoms with Crippen LogP contribution in [-0.2, 0) is 17.5 Å². The van der Waals surface area contributed by atoms with E-state index in [0.717, 1.165) is 20.5 Å². The number of aliphatic carboxylic acids is 1. The first-order valence-electron chi connectivity index (χ1n) is 10.5. The van der Waals surface area contributed by atoms with Crippen molar-refractivity contribution in [2.24, 2.45) is 5.92 Å². The van der Waals surface area contributed by atoms with Crippen LogP contribution in [-0.4, -0.2) is 29.1 Å². The molecule has 0 spiro atoms. The SMILES string of the molecule is O=C(O)C1CN(Cc2ccc3sc(-c4ccc(-c5ccccc5)c(C(F)(F)F)c4)cc3c2)C1. The average Bonchev–Trinajstić information content (AvgIpc) is 3.19. The van der Waals surface area contributed by atoms with Crippen LogP contribution in [0.15, 0.2) is 72.8 Å². The summed E-state index contributed by atoms with van der Waals surface area (Å²) in [5.41, 5.74) is 1.66. The largest absolute Gasteiger partial charge is 0.481 e. The zero-order valence-corrected chi connectivity index (χ0v) is 18.3. The van der Waals surface area contributed by atoms with Gasteiger partial charge in [-0.3, -0.25) is 9.69 Å². The van der Waals surface area contributed by atoms with Gasteiger partial charge < -0.3 is 5.11 Å². The van der Waals surface area contributed by atoms with Crippen molar-refractivity contribution in [3.63, 3.8) is 0 Å². The monoisotopic (exact) mass is 467 g/mol. The van der Waals surface area contributed by atoms with Gasteiger partial charge in [-0.1, -0.05) is 48.5 Å². The van der Waals surface area contributed by atoms with Crippen LogP contribution in [0.2, 0.25) is 0 Å². The minimum atomic E-state index is -4.46. The molecular formula is C26H20F3NO2S. The van der Waals surface area contributed by atoms with Crippen LogP contribution in [0, 0.1) is 5.92 Å². The number of hydrogen-bond acceptors (Lipinski definition) is 3. The van der Waals surface area contributed by atoms with E-state index in [9.17, 15) is 18.0 Å². The van der Waals surface area contributed by atoms with Crippen LogP contribution in [0.4, 0.5) is 13.2 Å². The van der Waals surface area contributed by atoms with Gasteiger partial charge in [-0.25, -0.2) is 0 Å². The summed E-state index contributed by atoms with van der Waals surface area (Å²) in [5.74, 6) is -1.07. The van der Waals surface area contributed by atoms with E-state index in [4.69, 9.17) is 5.11 Å². The molecule has 3 aromatic carbocycles. The van der Waals surface area contributed by atoms with E-state index in [-0.39, 0.29) is 11.5 Å². The minimum Gasteiger partial charge on any atom is -0.481 e. The van der Waals surface area contributed by atoms with Crippen LogP contribution in [0.3, 0.4) is 0 Å². The Hall–Kier alpha value is -3.16. The molecule has 168 valence electrons. The number of alkyl halides is 3. The molecule has 4 aromatic rings. The third kappa shape index (κ3) is 4.38. The quantitative estimate of drug-likeness (QED) is 0.352. The van der Waals surface area contributed by atoms with Crippen molar-refractivity contribution in [1.82, 2.24) is 4.90 Å². The summed E-state index contributed by atoms with van der Waals surface area (Å²) < 4.78 is 42.7. The molecule has 0 amide bonds. The van der Waals surface area contributed by atoms with Gasteiger partial charge in [-0.2, -0.15) is 13.2 Å². The summed E-state index contributed by atoms with van der Waals surface area (Å²) in [4.78, 5) is 13.8. The van der Waals surface area contributed by atoms with Crippen molar-refractivity contribution in [1.29, 1.82) is 0 Å². The van der Waals surface area contributed by atoms with E-state index in [2.05, 4.69) is 4.90 Å². The van der Waals surface area contributed by atoms with Gasteiger partial charge in [-0.15, -0.1) is 11.3 Å². The number of carbonyl (C=O) groups is 1. The molecule has 0 saturated carbocycles. The Labute approximate surface area is 192 Å². The second-order valence-electron chi connectivity index (χ2n) is 8.34. The van der Waals surface area contributed by atoms with Crippen LogP contribution >= 0.6 is 11.3 Å². The van der Waals surface area contributed by atoms with Crippen molar-refractivity contribution in [3.05, 3.63) is 83.9 Å². The topological polar surface area (TPSA) is 40.5 Å². The fourth-order valence-corrected chi connectivity index (χ4v) is 5.29. The smallest absolute Gasteiger partial charge is 0.417 e. The number of rotatable bonds is 5. The van der Waals surface area contributed by atoms with Crippen LogP contribution in [0.1, 0.15) is 11.1 Å². The van der Waals surface area contributed by atoms with Crippen LogP contribution in [0.25, 0.3) is 31.7 Å². The summed E-state index contributed by atoms with van der Waals surface area (Å²) >= 11 is 1.46. The molecule has 7 heteroatoms. The zero-order chi connectivity index (χ0) is 23.2. The van der Waals surface area contributed by atoms with Gasteiger partial charge in [0.25, 0.3) is 0 Å². The highest BCUT2D eigenvalue weighted by Crippen LogP contribution is 2.41. The first kappa shape index (κ1) is 21.7. The van der Waals surface area contributed by atoms with Crippen LogP contribution < -0.4 is 0 Å². The summed E-state index contributed by atoms with van der Waals surface area (Å²) in [7, 11) is 0. The summed E-state index contributed by atoms with van der Waals surface area (Å²) in [6.45, 7) is 1.74. The molecule has 1 aliphatic rings. The van der Waals surface area contributed by atoms with E-state index in [1.807, 2.05) is 24.3 Å². The molecule has 33 heavy (non-hydrogen) atoms. The maximum absolute atomic E-state index is 13.9. The maximum Gasteiger partial charge on any atom is 0.417 e. The number of likely N-dealkylation sites (tertiary alicyclic amines) is 1. The first-order chi connectivity index (χ1) is 15.8. The molecule has 1 aliphatic heterocycles. The first-order valence-corrected chi connectivity index (χ1v) is 11.3. The number of thiophene rings is 1. The molecule has 1 aromatic heterocycles. The Morgan fingerprint density at radius 3 is 2.42 bits per heavy atom. The lowest BCUT2D eigenvalue weighted by Gasteiger charge is -2.36. The van der Waals surface area contributed by atoms with Crippen molar-refractivity contribution in [3.8, 4) is 21.6 Å². The second kappa shape index (κ2) is 8.32. The molecule has 5 rings (SSSR count). The Morgan fingerprint density at radius 2 is 1.73 bits per heavy atom. The lowest BCUT2D eigenvalue weighted by molar-refractivity contribution is -0.147. The molecule has 0 unspecified atom stereocenters. The molecule has 0 bridgehead atoms. The molecule has 1 saturated heterocycles. The average molecular weight is 468 g/mol. The highest BCUT2D eigenvalue weighted by atomic mass is 32.1. The predicted molar refractivity (Wildman–Crippen MR) is 124 cm³/mol. The lowest BCUT2D eigenvalue weighted by Crippen LogP contribution is -2.49. The van der Waals surface area contributed by atoms with Crippen molar-refractivity contribution < 1.29 is 23.1 Å². The molecule has 2 heterocycles. The van der Waals surface area contributed by atoms with Crippen molar-refractivity contribution in [2.45, 2.75) is 12.7 Å². The number of nitrogens with zero attached hydrogens (tertiary/aromatic N) is 1. The van der Waals surface area contributed by atoms with Crippen LogP contribution in [0.5, 0.6) is 0 Å². The normalized spacial score (nSPS) is 15.0. The van der Waals surface area contributed by atoms with E-state index in [1.165, 1.54) is 17.4 Å². The third-order valence-corrected chi connectivity index (χ3v) is 7.15. The van der Waals surface area contributed by atoms with Crippen molar-refractivity contribution in [2.75, 3.05) is 13.1 Å². The van der Waals surface area contributed by atoms with Crippen molar-refractivity contribution >= 4 is 27.4 Å². The van der Waals surface area contributed by atoms with Gasteiger partial charge in [0.15, 0.2) is 0 Å². The fraction of sp³-hybridized carbons (Fsp3) is 0.192. The van der Waals surface area contributed by atoms with E-state index < -0.39 is 17.7 Å². The number of fused-ring (bicyclic) bond motifs is 1. The Balaban J connectivity index is 1.44. The Bertz CT molecular complexity index is 1320. The highest BCUT2D eigenvalue weighted by Gasteiger charge is 2.34. The van der Waals surface area contributed by atoms with Gasteiger partial charge in [0, 0.05) is 29.2 Å². The third-order valence-electron chi connectivity index (χ3n) is 5.99. The summed E-state index contributed by atoms with van der Waals surface area (Å²) in [6, 6.07) is 21.1. The van der Waals surface area contributed by atoms with Gasteiger partial charge in [0.2, 0.25) is 0 Å². The summed E-state index contributed by atoms with van der Waals surface area (Å²) in [5, 5.41) is 10.0. The number of benzene rings is 3. The molecule has 1 N–H and O–H groups in total. The van der Waals surface area contributed by atoms with Gasteiger partial charge in [0.05, 0.1) is 11.5 Å². The predicted octanol–water partition coefficient (Wildman–Crippen LogP) is 6.77. The Morgan fingerprint density at radius 1 is 0.970 bits per heavy atom. The second-order valence-corrected chi connectivity index (χ2v) is 9.42. The Kier molecular flexibility index (Phi) is 5.46. The van der Waals surface area contributed by atoms with E-state index >= 15 is 0 Å². The molecule has 0 atom stereocenters. The molecule has 1 fully saturated rings. The fourth-order valence-electron chi connectivity index (χ4n) is 4.25. The number of carboxylic acid groups (broad SMARTS) is 1. The molecule has 0 radical (unpaired) electrons. The minimum absolute atomic E-state index is 0.171. The molecular weight excluding hydrogens is 447 g/mol. The highest BCUT2D eigenvalue weighted by molar-refractivity contribution is 7.22. The van der Waals surface area contributed by atoms with Gasteiger partial charge in [0.1, 0.15) is 0 Å². The summed E-state index contributed by atoms with van der Waals surface area (Å²) in [6.07, 6.45) is -4.46. The number of hydrogen-bond donors (Lipinski definition) is 1. The van der Waals surface area contributed by atoms with E-state index in [1.54, 1.807) is 42.5 Å². The standard InChI is InChI=1S/C26H20F3NO2S/c27-26(28,29)22-11-18(7-8-21(22)17-4-2-1-3-5-17)24-12-19-10-16(6-9-23(19)33-24)13-30-14-20(15-30)25(31)32/h1-12,20H,13-15H2,(H,31,32).